The molecule has 2 saturated heterocycles. The zero-order valence-electron chi connectivity index (χ0n) is 11.7. The molecule has 2 rings (SSSR count). The quantitative estimate of drug-likeness (QED) is 0.598. The van der Waals surface area contributed by atoms with Crippen molar-refractivity contribution in [2.45, 2.75) is 70.2 Å². The van der Waals surface area contributed by atoms with Crippen molar-refractivity contribution in [2.24, 2.45) is 5.18 Å². The van der Waals surface area contributed by atoms with E-state index >= 15 is 0 Å². The molecule has 0 spiro atoms. The van der Waals surface area contributed by atoms with E-state index in [2.05, 4.69) is 5.18 Å². The van der Waals surface area contributed by atoms with E-state index in [0.29, 0.717) is 13.0 Å². The van der Waals surface area contributed by atoms with Gasteiger partial charge in [0.25, 0.3) is 0 Å². The first-order valence-corrected chi connectivity index (χ1v) is 6.42. The van der Waals surface area contributed by atoms with Crippen LogP contribution >= 0.6 is 0 Å². The van der Waals surface area contributed by atoms with Gasteiger partial charge in [0.2, 0.25) is 6.23 Å². The Morgan fingerprint density at radius 2 is 1.95 bits per heavy atom. The van der Waals surface area contributed by atoms with E-state index < -0.39 is 23.9 Å². The van der Waals surface area contributed by atoms with E-state index in [1.54, 1.807) is 27.7 Å². The molecule has 0 bridgehead atoms. The summed E-state index contributed by atoms with van der Waals surface area (Å²) in [5.74, 6) is -1.93. The number of rotatable bonds is 5. The summed E-state index contributed by atoms with van der Waals surface area (Å²) in [6, 6.07) is 0. The smallest absolute Gasteiger partial charge is 0.219 e. The summed E-state index contributed by atoms with van der Waals surface area (Å²) < 4.78 is 22.1. The second-order valence-electron chi connectivity index (χ2n) is 5.82. The minimum atomic E-state index is -1.19. The molecule has 7 heteroatoms. The Hall–Kier alpha value is -0.600. The highest BCUT2D eigenvalue weighted by Crippen LogP contribution is 2.40. The molecule has 0 radical (unpaired) electrons. The summed E-state index contributed by atoms with van der Waals surface area (Å²) in [6.45, 7) is 6.99. The van der Waals surface area contributed by atoms with Crippen LogP contribution in [0.25, 0.3) is 0 Å². The third-order valence-corrected chi connectivity index (χ3v) is 3.09. The summed E-state index contributed by atoms with van der Waals surface area (Å²) in [4.78, 5) is 10.8. The average molecular weight is 275 g/mol. The van der Waals surface area contributed by atoms with E-state index in [1.165, 1.54) is 0 Å². The standard InChI is InChI=1S/C12H21NO6/c1-11(2,14)16-6-5-7-8-9(10(13-15)17-7)19-12(3,4)18-8/h7-10,14H,5-6H2,1-4H3/t7-,8?,9-,10+/m0/s1. The highest BCUT2D eigenvalue weighted by Gasteiger charge is 2.55. The van der Waals surface area contributed by atoms with Gasteiger partial charge in [-0.2, -0.15) is 0 Å². The maximum absolute atomic E-state index is 10.8. The monoisotopic (exact) mass is 275 g/mol. The summed E-state index contributed by atoms with van der Waals surface area (Å²) in [7, 11) is 0. The highest BCUT2D eigenvalue weighted by atomic mass is 16.8. The molecule has 0 aromatic heterocycles. The van der Waals surface area contributed by atoms with Gasteiger partial charge in [-0.1, -0.05) is 0 Å². The molecule has 1 N–H and O–H groups in total. The summed E-state index contributed by atoms with van der Waals surface area (Å²) in [5, 5.41) is 12.4. The third-order valence-electron chi connectivity index (χ3n) is 3.09. The second-order valence-corrected chi connectivity index (χ2v) is 5.82. The molecular formula is C12H21NO6. The second kappa shape index (κ2) is 5.06. The molecule has 2 heterocycles. The van der Waals surface area contributed by atoms with Crippen molar-refractivity contribution in [1.82, 2.24) is 0 Å². The van der Waals surface area contributed by atoms with Crippen LogP contribution in [0.15, 0.2) is 5.18 Å². The molecule has 7 nitrogen and oxygen atoms in total. The molecule has 19 heavy (non-hydrogen) atoms. The largest absolute Gasteiger partial charge is 0.366 e. The lowest BCUT2D eigenvalue weighted by Crippen LogP contribution is -2.32. The first-order valence-electron chi connectivity index (χ1n) is 6.42. The molecular weight excluding hydrogens is 254 g/mol. The third kappa shape index (κ3) is 3.49. The van der Waals surface area contributed by atoms with Crippen molar-refractivity contribution in [3.63, 3.8) is 0 Å². The fourth-order valence-corrected chi connectivity index (χ4v) is 2.40. The molecule has 0 saturated carbocycles. The van der Waals surface area contributed by atoms with Gasteiger partial charge in [0.15, 0.2) is 11.6 Å². The van der Waals surface area contributed by atoms with Crippen molar-refractivity contribution in [3.05, 3.63) is 4.91 Å². The average Bonchev–Trinajstić information content (AvgIpc) is 2.71. The predicted molar refractivity (Wildman–Crippen MR) is 65.1 cm³/mol. The normalized spacial score (nSPS) is 37.3. The number of hydrogen-bond donors (Lipinski definition) is 1. The van der Waals surface area contributed by atoms with Crippen LogP contribution in [0.3, 0.4) is 0 Å². The van der Waals surface area contributed by atoms with Crippen molar-refractivity contribution in [2.75, 3.05) is 6.61 Å². The molecule has 2 fully saturated rings. The predicted octanol–water partition coefficient (Wildman–Crippen LogP) is 1.13. The van der Waals surface area contributed by atoms with Gasteiger partial charge in [-0.05, 0) is 39.3 Å². The topological polar surface area (TPSA) is 86.6 Å². The van der Waals surface area contributed by atoms with Crippen molar-refractivity contribution >= 4 is 0 Å². The Balaban J connectivity index is 1.93. The van der Waals surface area contributed by atoms with Gasteiger partial charge < -0.3 is 24.1 Å². The van der Waals surface area contributed by atoms with E-state index in [0.717, 1.165) is 0 Å². The Morgan fingerprint density at radius 3 is 2.53 bits per heavy atom. The lowest BCUT2D eigenvalue weighted by atomic mass is 10.1. The van der Waals surface area contributed by atoms with Crippen molar-refractivity contribution < 1.29 is 24.1 Å². The minimum Gasteiger partial charge on any atom is -0.366 e. The Kier molecular flexibility index (Phi) is 3.95. The van der Waals surface area contributed by atoms with Crippen LogP contribution in [-0.2, 0) is 18.9 Å². The molecule has 1 unspecified atom stereocenters. The van der Waals surface area contributed by atoms with Gasteiger partial charge in [0.05, 0.1) is 12.7 Å². The number of nitrogens with zero attached hydrogens (tertiary/aromatic N) is 1. The SMILES string of the molecule is CC(C)(O)OCC[C@@H]1O[C@@H](N=O)[C@H]2OC(C)(C)OC12. The van der Waals surface area contributed by atoms with Crippen molar-refractivity contribution in [1.29, 1.82) is 0 Å². The van der Waals surface area contributed by atoms with Crippen molar-refractivity contribution in [3.8, 4) is 0 Å². The van der Waals surface area contributed by atoms with Crippen LogP contribution in [0, 0.1) is 4.91 Å². The Bertz CT molecular complexity index is 340. The maximum atomic E-state index is 10.8. The van der Waals surface area contributed by atoms with Gasteiger partial charge >= 0.3 is 0 Å². The van der Waals surface area contributed by atoms with Crippen LogP contribution in [-0.4, -0.2) is 47.8 Å². The van der Waals surface area contributed by atoms with Gasteiger partial charge in [-0.15, -0.1) is 4.91 Å². The number of aliphatic hydroxyl groups is 1. The van der Waals surface area contributed by atoms with E-state index in [-0.39, 0.29) is 12.2 Å². The van der Waals surface area contributed by atoms with E-state index in [9.17, 15) is 10.0 Å². The minimum absolute atomic E-state index is 0.298. The first kappa shape index (κ1) is 14.8. The molecule has 0 amide bonds. The molecule has 0 aliphatic carbocycles. The Labute approximate surface area is 112 Å². The van der Waals surface area contributed by atoms with Gasteiger partial charge in [0.1, 0.15) is 12.2 Å². The van der Waals surface area contributed by atoms with Gasteiger partial charge in [-0.25, -0.2) is 0 Å². The summed E-state index contributed by atoms with van der Waals surface area (Å²) in [5.41, 5.74) is 0. The van der Waals surface area contributed by atoms with Crippen LogP contribution in [0.1, 0.15) is 34.1 Å². The summed E-state index contributed by atoms with van der Waals surface area (Å²) >= 11 is 0. The van der Waals surface area contributed by atoms with Gasteiger partial charge in [-0.3, -0.25) is 0 Å². The number of fused-ring (bicyclic) bond motifs is 1. The highest BCUT2D eigenvalue weighted by molar-refractivity contribution is 4.96. The molecule has 0 aromatic rings. The van der Waals surface area contributed by atoms with Crippen LogP contribution < -0.4 is 0 Å². The zero-order valence-corrected chi connectivity index (χ0v) is 11.7. The Morgan fingerprint density at radius 1 is 1.32 bits per heavy atom. The van der Waals surface area contributed by atoms with Crippen LogP contribution in [0.2, 0.25) is 0 Å². The molecule has 2 aliphatic heterocycles. The number of nitroso groups, excluding NO2 is 1. The van der Waals surface area contributed by atoms with Crippen LogP contribution in [0.5, 0.6) is 0 Å². The molecule has 4 atom stereocenters. The fourth-order valence-electron chi connectivity index (χ4n) is 2.40. The zero-order chi connectivity index (χ0) is 14.3. The lowest BCUT2D eigenvalue weighted by Gasteiger charge is -2.23. The number of hydrogen-bond acceptors (Lipinski definition) is 7. The van der Waals surface area contributed by atoms with E-state index in [1.807, 2.05) is 0 Å². The van der Waals surface area contributed by atoms with Crippen LogP contribution in [0.4, 0.5) is 0 Å². The number of ether oxygens (including phenoxy) is 4. The van der Waals surface area contributed by atoms with Gasteiger partial charge in [0, 0.05) is 0 Å². The van der Waals surface area contributed by atoms with E-state index in [4.69, 9.17) is 18.9 Å². The first-order chi connectivity index (χ1) is 8.72. The molecule has 110 valence electrons. The maximum Gasteiger partial charge on any atom is 0.219 e. The lowest BCUT2D eigenvalue weighted by molar-refractivity contribution is -0.199. The molecule has 2 aliphatic rings. The fraction of sp³-hybridized carbons (Fsp3) is 1.00. The molecule has 0 aromatic carbocycles. The summed E-state index contributed by atoms with van der Waals surface area (Å²) in [6.07, 6.45) is -1.48.